The van der Waals surface area contributed by atoms with E-state index in [9.17, 15) is 4.79 Å². The first-order valence-electron chi connectivity index (χ1n) is 4.25. The highest BCUT2D eigenvalue weighted by Crippen LogP contribution is 2.42. The molecule has 1 N–H and O–H groups in total. The van der Waals surface area contributed by atoms with Crippen molar-refractivity contribution < 1.29 is 14.6 Å². The molecular formula is C9H16O3. The van der Waals surface area contributed by atoms with E-state index in [0.717, 1.165) is 12.8 Å². The molecule has 0 aromatic heterocycles. The number of methoxy groups -OCH3 is 1. The number of aliphatic carboxylic acids is 1. The molecule has 0 heterocycles. The number of carbonyl (C=O) groups is 1. The van der Waals surface area contributed by atoms with Crippen LogP contribution in [0.3, 0.4) is 0 Å². The molecule has 3 heteroatoms. The number of carboxylic acid groups (broad SMARTS) is 1. The Morgan fingerprint density at radius 1 is 1.50 bits per heavy atom. The van der Waals surface area contributed by atoms with Gasteiger partial charge in [0.25, 0.3) is 0 Å². The van der Waals surface area contributed by atoms with E-state index >= 15 is 0 Å². The molecule has 3 nitrogen and oxygen atoms in total. The Labute approximate surface area is 72.7 Å². The van der Waals surface area contributed by atoms with E-state index in [-0.39, 0.29) is 11.5 Å². The molecule has 0 saturated heterocycles. The maximum Gasteiger partial charge on any atom is 0.306 e. The van der Waals surface area contributed by atoms with Crippen LogP contribution in [0.2, 0.25) is 0 Å². The summed E-state index contributed by atoms with van der Waals surface area (Å²) in [4.78, 5) is 10.5. The Hall–Kier alpha value is -0.570. The van der Waals surface area contributed by atoms with Crippen molar-refractivity contribution in [2.45, 2.75) is 32.3 Å². The van der Waals surface area contributed by atoms with Gasteiger partial charge in [-0.05, 0) is 32.6 Å². The summed E-state index contributed by atoms with van der Waals surface area (Å²) >= 11 is 0. The number of hydrogen-bond donors (Lipinski definition) is 1. The van der Waals surface area contributed by atoms with Crippen LogP contribution in [-0.4, -0.2) is 23.8 Å². The Balaban J connectivity index is 2.39. The monoisotopic (exact) mass is 172 g/mol. The van der Waals surface area contributed by atoms with E-state index in [1.807, 2.05) is 13.8 Å². The maximum atomic E-state index is 10.5. The van der Waals surface area contributed by atoms with Gasteiger partial charge in [0.15, 0.2) is 0 Å². The van der Waals surface area contributed by atoms with E-state index in [1.54, 1.807) is 7.11 Å². The highest BCUT2D eigenvalue weighted by molar-refractivity contribution is 5.71. The van der Waals surface area contributed by atoms with Crippen molar-refractivity contribution in [3.63, 3.8) is 0 Å². The van der Waals surface area contributed by atoms with Crippen LogP contribution in [-0.2, 0) is 9.53 Å². The average Bonchev–Trinajstić information content (AvgIpc) is 1.82. The molecule has 0 aromatic carbocycles. The lowest BCUT2D eigenvalue weighted by molar-refractivity contribution is -0.152. The van der Waals surface area contributed by atoms with Crippen molar-refractivity contribution in [1.29, 1.82) is 0 Å². The van der Waals surface area contributed by atoms with Crippen molar-refractivity contribution in [2.75, 3.05) is 7.11 Å². The molecular weight excluding hydrogens is 156 g/mol. The number of hydrogen-bond acceptors (Lipinski definition) is 2. The molecule has 1 aliphatic carbocycles. The first kappa shape index (κ1) is 9.52. The maximum absolute atomic E-state index is 10.5. The van der Waals surface area contributed by atoms with E-state index < -0.39 is 5.97 Å². The zero-order valence-electron chi connectivity index (χ0n) is 7.83. The molecule has 0 atom stereocenters. The van der Waals surface area contributed by atoms with Gasteiger partial charge in [-0.15, -0.1) is 0 Å². The van der Waals surface area contributed by atoms with Gasteiger partial charge in [0.1, 0.15) is 0 Å². The molecule has 12 heavy (non-hydrogen) atoms. The van der Waals surface area contributed by atoms with Gasteiger partial charge in [0, 0.05) is 7.11 Å². The van der Waals surface area contributed by atoms with Gasteiger partial charge in [0.05, 0.1) is 11.5 Å². The minimum atomic E-state index is -0.668. The van der Waals surface area contributed by atoms with Gasteiger partial charge in [-0.1, -0.05) is 0 Å². The standard InChI is InChI=1S/C9H16O3/c1-9(2,12-3)7-4-6(5-7)8(10)11/h6-7H,4-5H2,1-3H3,(H,10,11). The number of ether oxygens (including phenoxy) is 1. The molecule has 0 radical (unpaired) electrons. The molecule has 1 fully saturated rings. The van der Waals surface area contributed by atoms with Crippen LogP contribution in [0, 0.1) is 11.8 Å². The third-order valence-corrected chi connectivity index (χ3v) is 3.00. The highest BCUT2D eigenvalue weighted by Gasteiger charge is 2.43. The largest absolute Gasteiger partial charge is 0.481 e. The lowest BCUT2D eigenvalue weighted by atomic mass is 9.67. The van der Waals surface area contributed by atoms with E-state index in [1.165, 1.54) is 0 Å². The SMILES string of the molecule is COC(C)(C)C1CC(C(=O)O)C1. The smallest absolute Gasteiger partial charge is 0.306 e. The summed E-state index contributed by atoms with van der Waals surface area (Å²) in [5.41, 5.74) is -0.161. The lowest BCUT2D eigenvalue weighted by Gasteiger charge is -2.42. The van der Waals surface area contributed by atoms with Crippen LogP contribution in [0.4, 0.5) is 0 Å². The van der Waals surface area contributed by atoms with Crippen molar-refractivity contribution in [3.8, 4) is 0 Å². The van der Waals surface area contributed by atoms with Crippen LogP contribution in [0.25, 0.3) is 0 Å². The summed E-state index contributed by atoms with van der Waals surface area (Å²) in [5.74, 6) is -0.397. The van der Waals surface area contributed by atoms with Gasteiger partial charge in [-0.25, -0.2) is 0 Å². The Morgan fingerprint density at radius 2 is 2.00 bits per heavy atom. The van der Waals surface area contributed by atoms with E-state index in [2.05, 4.69) is 0 Å². The molecule has 0 amide bonds. The van der Waals surface area contributed by atoms with Crippen LogP contribution in [0.5, 0.6) is 0 Å². The quantitative estimate of drug-likeness (QED) is 0.702. The van der Waals surface area contributed by atoms with Crippen LogP contribution in [0.15, 0.2) is 0 Å². The topological polar surface area (TPSA) is 46.5 Å². The van der Waals surface area contributed by atoms with Gasteiger partial charge in [-0.2, -0.15) is 0 Å². The molecule has 0 bridgehead atoms. The van der Waals surface area contributed by atoms with Crippen LogP contribution >= 0.6 is 0 Å². The highest BCUT2D eigenvalue weighted by atomic mass is 16.5. The van der Waals surface area contributed by atoms with Crippen molar-refractivity contribution in [3.05, 3.63) is 0 Å². The molecule has 0 spiro atoms. The third-order valence-electron chi connectivity index (χ3n) is 3.00. The fraction of sp³-hybridized carbons (Fsp3) is 0.889. The number of carboxylic acids is 1. The second kappa shape index (κ2) is 3.05. The zero-order valence-corrected chi connectivity index (χ0v) is 7.83. The Kier molecular flexibility index (Phi) is 2.42. The molecule has 1 aliphatic rings. The van der Waals surface area contributed by atoms with E-state index in [0.29, 0.717) is 5.92 Å². The minimum absolute atomic E-state index is 0.135. The summed E-state index contributed by atoms with van der Waals surface area (Å²) < 4.78 is 5.28. The molecule has 70 valence electrons. The van der Waals surface area contributed by atoms with Crippen molar-refractivity contribution >= 4 is 5.97 Å². The summed E-state index contributed by atoms with van der Waals surface area (Å²) in [7, 11) is 1.67. The van der Waals surface area contributed by atoms with Gasteiger partial charge in [0.2, 0.25) is 0 Å². The Morgan fingerprint density at radius 3 is 2.33 bits per heavy atom. The van der Waals surface area contributed by atoms with E-state index in [4.69, 9.17) is 9.84 Å². The summed E-state index contributed by atoms with van der Waals surface area (Å²) in [5, 5.41) is 8.65. The summed E-state index contributed by atoms with van der Waals surface area (Å²) in [6.45, 7) is 4.02. The minimum Gasteiger partial charge on any atom is -0.481 e. The molecule has 0 aliphatic heterocycles. The normalized spacial score (nSPS) is 29.6. The fourth-order valence-corrected chi connectivity index (χ4v) is 1.55. The molecule has 1 saturated carbocycles. The summed E-state index contributed by atoms with van der Waals surface area (Å²) in [6, 6.07) is 0. The van der Waals surface area contributed by atoms with Crippen LogP contribution < -0.4 is 0 Å². The Bertz CT molecular complexity index is 180. The summed E-state index contributed by atoms with van der Waals surface area (Å²) in [6.07, 6.45) is 1.52. The van der Waals surface area contributed by atoms with Gasteiger partial charge >= 0.3 is 5.97 Å². The predicted octanol–water partition coefficient (Wildman–Crippen LogP) is 1.52. The lowest BCUT2D eigenvalue weighted by Crippen LogP contribution is -2.44. The van der Waals surface area contributed by atoms with Gasteiger partial charge < -0.3 is 9.84 Å². The zero-order chi connectivity index (χ0) is 9.35. The molecule has 0 aromatic rings. The average molecular weight is 172 g/mol. The second-order valence-electron chi connectivity index (χ2n) is 4.01. The first-order valence-corrected chi connectivity index (χ1v) is 4.25. The third kappa shape index (κ3) is 1.61. The fourth-order valence-electron chi connectivity index (χ4n) is 1.55. The van der Waals surface area contributed by atoms with Crippen LogP contribution in [0.1, 0.15) is 26.7 Å². The first-order chi connectivity index (χ1) is 5.47. The second-order valence-corrected chi connectivity index (χ2v) is 4.01. The molecule has 1 rings (SSSR count). The van der Waals surface area contributed by atoms with Gasteiger partial charge in [-0.3, -0.25) is 4.79 Å². The van der Waals surface area contributed by atoms with Crippen molar-refractivity contribution in [2.24, 2.45) is 11.8 Å². The molecule has 0 unspecified atom stereocenters. The van der Waals surface area contributed by atoms with Crippen molar-refractivity contribution in [1.82, 2.24) is 0 Å². The predicted molar refractivity (Wildman–Crippen MR) is 44.9 cm³/mol. The number of rotatable bonds is 3.